The van der Waals surface area contributed by atoms with Crippen molar-refractivity contribution in [1.82, 2.24) is 0 Å². The molecule has 15 heavy (non-hydrogen) atoms. The summed E-state index contributed by atoms with van der Waals surface area (Å²) in [7, 11) is 0. The summed E-state index contributed by atoms with van der Waals surface area (Å²) in [5, 5.41) is 2.11. The predicted octanol–water partition coefficient (Wildman–Crippen LogP) is 4.47. The first-order valence-corrected chi connectivity index (χ1v) is 6.00. The Morgan fingerprint density at radius 3 is 3.13 bits per heavy atom. The molecule has 74 valence electrons. The molecule has 1 aliphatic heterocycles. The average Bonchev–Trinajstić information content (AvgIpc) is 2.49. The first-order chi connectivity index (χ1) is 7.86. The van der Waals surface area contributed by atoms with Crippen LogP contribution in [0.5, 0.6) is 0 Å². The molecule has 1 atom stereocenters. The van der Waals surface area contributed by atoms with Gasteiger partial charge in [0.25, 0.3) is 0 Å². The molecular weight excluding hydrogens is 200 g/mol. The number of fused-ring (bicyclic) bond motifs is 2. The number of hydrogen-bond acceptors (Lipinski definition) is 1. The second-order valence-electron chi connectivity index (χ2n) is 3.63. The molecule has 0 nitrogen and oxygen atoms in total. The van der Waals surface area contributed by atoms with Crippen molar-refractivity contribution in [3.05, 3.63) is 57.9 Å². The molecule has 1 unspecified atom stereocenters. The summed E-state index contributed by atoms with van der Waals surface area (Å²) in [5.74, 6) is 0. The maximum atomic E-state index is 8.17. The number of hydrogen-bond donors (Lipinski definition) is 0. The van der Waals surface area contributed by atoms with Crippen LogP contribution in [0.25, 0.3) is 11.6 Å². The molecule has 0 saturated carbocycles. The Kier molecular flexibility index (Phi) is 2.00. The van der Waals surface area contributed by atoms with E-state index in [1.54, 1.807) is 11.8 Å². The summed E-state index contributed by atoms with van der Waals surface area (Å²) in [4.78, 5) is 1.23. The van der Waals surface area contributed by atoms with E-state index in [9.17, 15) is 0 Å². The summed E-state index contributed by atoms with van der Waals surface area (Å²) in [6.07, 6.45) is 7.10. The van der Waals surface area contributed by atoms with Crippen molar-refractivity contribution in [3.63, 3.8) is 0 Å². The Morgan fingerprint density at radius 2 is 2.13 bits per heavy atom. The van der Waals surface area contributed by atoms with Crippen molar-refractivity contribution in [2.24, 2.45) is 0 Å². The lowest BCUT2D eigenvalue weighted by Gasteiger charge is -2.14. The van der Waals surface area contributed by atoms with Gasteiger partial charge in [0.1, 0.15) is 0 Å². The van der Waals surface area contributed by atoms with E-state index < -0.39 is 0 Å². The van der Waals surface area contributed by atoms with Crippen molar-refractivity contribution in [3.8, 4) is 0 Å². The molecule has 0 radical (unpaired) electrons. The van der Waals surface area contributed by atoms with Crippen molar-refractivity contribution in [2.45, 2.75) is 12.8 Å². The lowest BCUT2D eigenvalue weighted by molar-refractivity contribution is 1.05. The summed E-state index contributed by atoms with van der Waals surface area (Å²) < 4.78 is 8.17. The maximum Gasteiger partial charge on any atom is 0.0320 e. The predicted molar refractivity (Wildman–Crippen MR) is 68.4 cm³/mol. The Morgan fingerprint density at radius 1 is 1.20 bits per heavy atom. The molecule has 2 aliphatic rings. The molecule has 1 aromatic carbocycles. The quantitative estimate of drug-likeness (QED) is 0.613. The van der Waals surface area contributed by atoms with E-state index in [1.165, 1.54) is 21.6 Å². The van der Waals surface area contributed by atoms with Crippen LogP contribution in [0.2, 0.25) is 0 Å². The van der Waals surface area contributed by atoms with Crippen LogP contribution in [0.4, 0.5) is 0 Å². The highest BCUT2D eigenvalue weighted by atomic mass is 32.2. The first-order valence-electron chi connectivity index (χ1n) is 5.69. The van der Waals surface area contributed by atoms with E-state index in [0.717, 1.165) is 6.42 Å². The Hall–Kier alpha value is -1.21. The molecule has 3 rings (SSSR count). The minimum Gasteiger partial charge on any atom is -0.0978 e. The number of allylic oxidation sites excluding steroid dienone is 3. The second-order valence-corrected chi connectivity index (χ2v) is 4.58. The summed E-state index contributed by atoms with van der Waals surface area (Å²) in [5.41, 5.74) is 3.64. The zero-order valence-electron chi connectivity index (χ0n) is 9.31. The molecule has 0 saturated heterocycles. The minimum atomic E-state index is -0.117. The van der Waals surface area contributed by atoms with Gasteiger partial charge in [-0.3, -0.25) is 0 Å². The van der Waals surface area contributed by atoms with Gasteiger partial charge in [0.15, 0.2) is 0 Å². The average molecular weight is 213 g/mol. The highest BCUT2D eigenvalue weighted by Crippen LogP contribution is 2.39. The maximum absolute atomic E-state index is 8.17. The molecule has 1 aliphatic carbocycles. The molecule has 0 N–H and O–H groups in total. The largest absolute Gasteiger partial charge is 0.0978 e. The van der Waals surface area contributed by atoms with Gasteiger partial charge in [-0.15, -0.1) is 0 Å². The molecule has 0 spiro atoms. The smallest absolute Gasteiger partial charge is 0.0320 e. The topological polar surface area (TPSA) is 0 Å². The lowest BCUT2D eigenvalue weighted by Crippen LogP contribution is -1.93. The number of benzene rings is 1. The van der Waals surface area contributed by atoms with Gasteiger partial charge < -0.3 is 0 Å². The SMILES string of the molecule is [2H]C1CC=CC2=C1c1ccccc1C=CS2. The van der Waals surface area contributed by atoms with Crippen LogP contribution in [-0.2, 0) is 0 Å². The van der Waals surface area contributed by atoms with E-state index >= 15 is 0 Å². The Bertz CT molecular complexity index is 511. The van der Waals surface area contributed by atoms with Crippen molar-refractivity contribution >= 4 is 23.4 Å². The molecule has 0 bridgehead atoms. The molecule has 1 aromatic rings. The van der Waals surface area contributed by atoms with Crippen LogP contribution < -0.4 is 0 Å². The van der Waals surface area contributed by atoms with Gasteiger partial charge in [0.2, 0.25) is 0 Å². The van der Waals surface area contributed by atoms with Crippen LogP contribution in [0.15, 0.2) is 46.7 Å². The van der Waals surface area contributed by atoms with E-state index in [-0.39, 0.29) is 6.40 Å². The van der Waals surface area contributed by atoms with Gasteiger partial charge in [0.05, 0.1) is 0 Å². The Labute approximate surface area is 95.8 Å². The molecule has 0 fully saturated rings. The molecule has 1 heteroatoms. The fourth-order valence-corrected chi connectivity index (χ4v) is 2.82. The number of rotatable bonds is 0. The highest BCUT2D eigenvalue weighted by Gasteiger charge is 2.14. The monoisotopic (exact) mass is 213 g/mol. The molecule has 1 heterocycles. The van der Waals surface area contributed by atoms with E-state index in [2.05, 4.69) is 47.9 Å². The fraction of sp³-hybridized carbons (Fsp3) is 0.143. The van der Waals surface area contributed by atoms with Gasteiger partial charge in [-0.05, 0) is 41.0 Å². The van der Waals surface area contributed by atoms with Gasteiger partial charge in [0, 0.05) is 6.28 Å². The van der Waals surface area contributed by atoms with Crippen LogP contribution in [0.1, 0.15) is 25.3 Å². The third kappa shape index (κ3) is 1.57. The summed E-state index contributed by atoms with van der Waals surface area (Å²) in [6, 6.07) is 8.35. The van der Waals surface area contributed by atoms with Crippen molar-refractivity contribution < 1.29 is 1.37 Å². The zero-order chi connectivity index (χ0) is 11.0. The standard InChI is InChI=1S/C14H12S/c1-2-6-12-11(5-1)9-10-15-14-8-4-3-7-13(12)14/h1-2,4-6,8-10H,3,7H2/i7D. The van der Waals surface area contributed by atoms with Gasteiger partial charge in [-0.1, -0.05) is 48.2 Å². The van der Waals surface area contributed by atoms with Crippen molar-refractivity contribution in [2.75, 3.05) is 0 Å². The van der Waals surface area contributed by atoms with Gasteiger partial charge >= 0.3 is 0 Å². The molecular formula is C14H12S. The van der Waals surface area contributed by atoms with Crippen LogP contribution >= 0.6 is 11.8 Å². The van der Waals surface area contributed by atoms with Crippen molar-refractivity contribution in [1.29, 1.82) is 0 Å². The summed E-state index contributed by atoms with van der Waals surface area (Å²) >= 11 is 1.72. The van der Waals surface area contributed by atoms with E-state index in [1.807, 2.05) is 0 Å². The lowest BCUT2D eigenvalue weighted by atomic mass is 9.93. The van der Waals surface area contributed by atoms with Crippen LogP contribution in [0.3, 0.4) is 0 Å². The number of thioether (sulfide) groups is 1. The molecule has 0 amide bonds. The Balaban J connectivity index is 2.25. The second kappa shape index (κ2) is 3.74. The minimum absolute atomic E-state index is 0.117. The van der Waals surface area contributed by atoms with E-state index in [0.29, 0.717) is 0 Å². The van der Waals surface area contributed by atoms with Crippen LogP contribution in [0, 0.1) is 0 Å². The third-order valence-electron chi connectivity index (χ3n) is 2.69. The van der Waals surface area contributed by atoms with Crippen LogP contribution in [-0.4, -0.2) is 0 Å². The van der Waals surface area contributed by atoms with E-state index in [4.69, 9.17) is 1.37 Å². The van der Waals surface area contributed by atoms with Gasteiger partial charge in [-0.2, -0.15) is 0 Å². The fourth-order valence-electron chi connectivity index (χ4n) is 1.97. The zero-order valence-corrected chi connectivity index (χ0v) is 9.13. The van der Waals surface area contributed by atoms with Gasteiger partial charge in [-0.25, -0.2) is 0 Å². The third-order valence-corrected chi connectivity index (χ3v) is 3.57. The normalized spacial score (nSPS) is 24.3. The summed E-state index contributed by atoms with van der Waals surface area (Å²) in [6.45, 7) is 0. The highest BCUT2D eigenvalue weighted by molar-refractivity contribution is 8.06. The molecule has 0 aromatic heterocycles. The first kappa shape index (κ1) is 8.00.